The van der Waals surface area contributed by atoms with Crippen LogP contribution >= 0.6 is 0 Å². The lowest BCUT2D eigenvalue weighted by atomic mass is 9.97. The molecule has 0 aliphatic carbocycles. The Hall–Kier alpha value is -1.09. The fourth-order valence-electron chi connectivity index (χ4n) is 2.40. The lowest BCUT2D eigenvalue weighted by Crippen LogP contribution is -2.29. The molecule has 1 saturated heterocycles. The quantitative estimate of drug-likeness (QED) is 0.856. The van der Waals surface area contributed by atoms with Gasteiger partial charge in [-0.1, -0.05) is 12.1 Å². The zero-order valence-electron chi connectivity index (χ0n) is 11.5. The fourth-order valence-corrected chi connectivity index (χ4v) is 2.40. The second kappa shape index (κ2) is 5.27. The molecular weight excluding hydrogens is 227 g/mol. The van der Waals surface area contributed by atoms with Gasteiger partial charge in [0.2, 0.25) is 0 Å². The van der Waals surface area contributed by atoms with Crippen molar-refractivity contribution < 1.29 is 4.39 Å². The summed E-state index contributed by atoms with van der Waals surface area (Å²) in [7, 11) is 0. The molecule has 2 N–H and O–H groups in total. The van der Waals surface area contributed by atoms with Crippen molar-refractivity contribution in [1.82, 2.24) is 5.32 Å². The van der Waals surface area contributed by atoms with Gasteiger partial charge in [-0.05, 0) is 57.4 Å². The van der Waals surface area contributed by atoms with Gasteiger partial charge in [0.1, 0.15) is 5.67 Å². The molecule has 1 aliphatic heterocycles. The number of hydrogen-bond acceptors (Lipinski definition) is 2. The summed E-state index contributed by atoms with van der Waals surface area (Å²) in [5.74, 6) is 0. The van der Waals surface area contributed by atoms with Gasteiger partial charge in [-0.25, -0.2) is 4.39 Å². The standard InChI is InChI=1S/C15H23FN2/c1-11-9-12(15(2,3)16)6-7-14(11)18-10-13-5-4-8-17-13/h6-7,9,13,17-18H,4-5,8,10H2,1-3H3. The van der Waals surface area contributed by atoms with Crippen LogP contribution in [0.2, 0.25) is 0 Å². The van der Waals surface area contributed by atoms with Crippen LogP contribution < -0.4 is 10.6 Å². The molecule has 0 saturated carbocycles. The first-order valence-electron chi connectivity index (χ1n) is 6.74. The summed E-state index contributed by atoms with van der Waals surface area (Å²) in [6, 6.07) is 6.37. The van der Waals surface area contributed by atoms with Gasteiger partial charge in [0.15, 0.2) is 0 Å². The summed E-state index contributed by atoms with van der Waals surface area (Å²) in [5.41, 5.74) is 1.69. The minimum Gasteiger partial charge on any atom is -0.383 e. The minimum atomic E-state index is -1.27. The highest BCUT2D eigenvalue weighted by molar-refractivity contribution is 5.52. The van der Waals surface area contributed by atoms with Crippen LogP contribution in [0.4, 0.5) is 10.1 Å². The van der Waals surface area contributed by atoms with Crippen LogP contribution in [-0.2, 0) is 5.67 Å². The number of hydrogen-bond donors (Lipinski definition) is 2. The SMILES string of the molecule is Cc1cc(C(C)(C)F)ccc1NCC1CCCN1. The molecule has 18 heavy (non-hydrogen) atoms. The summed E-state index contributed by atoms with van der Waals surface area (Å²) >= 11 is 0. The van der Waals surface area contributed by atoms with Crippen molar-refractivity contribution in [3.63, 3.8) is 0 Å². The van der Waals surface area contributed by atoms with E-state index in [-0.39, 0.29) is 0 Å². The Morgan fingerprint density at radius 2 is 2.22 bits per heavy atom. The number of benzene rings is 1. The Balaban J connectivity index is 2.01. The number of nitrogens with one attached hydrogen (secondary N) is 2. The molecule has 1 fully saturated rings. The average Bonchev–Trinajstić information content (AvgIpc) is 2.79. The van der Waals surface area contributed by atoms with Crippen LogP contribution in [-0.4, -0.2) is 19.1 Å². The number of halogens is 1. The smallest absolute Gasteiger partial charge is 0.130 e. The van der Waals surface area contributed by atoms with E-state index in [2.05, 4.69) is 10.6 Å². The number of anilines is 1. The second-order valence-electron chi connectivity index (χ2n) is 5.68. The molecule has 1 aromatic rings. The largest absolute Gasteiger partial charge is 0.383 e. The zero-order chi connectivity index (χ0) is 13.2. The van der Waals surface area contributed by atoms with Crippen LogP contribution in [0.15, 0.2) is 18.2 Å². The minimum absolute atomic E-state index is 0.571. The molecule has 2 rings (SSSR count). The molecule has 0 amide bonds. The van der Waals surface area contributed by atoms with E-state index in [9.17, 15) is 4.39 Å². The lowest BCUT2D eigenvalue weighted by Gasteiger charge is -2.18. The van der Waals surface area contributed by atoms with Gasteiger partial charge >= 0.3 is 0 Å². The van der Waals surface area contributed by atoms with Crippen LogP contribution in [0.5, 0.6) is 0 Å². The monoisotopic (exact) mass is 250 g/mol. The maximum atomic E-state index is 13.8. The van der Waals surface area contributed by atoms with E-state index in [1.54, 1.807) is 13.8 Å². The van der Waals surface area contributed by atoms with Crippen LogP contribution in [0.25, 0.3) is 0 Å². The van der Waals surface area contributed by atoms with Gasteiger partial charge < -0.3 is 10.6 Å². The van der Waals surface area contributed by atoms with Crippen molar-refractivity contribution in [2.75, 3.05) is 18.4 Å². The average molecular weight is 250 g/mol. The van der Waals surface area contributed by atoms with Gasteiger partial charge in [-0.15, -0.1) is 0 Å². The van der Waals surface area contributed by atoms with Crippen molar-refractivity contribution in [2.24, 2.45) is 0 Å². The molecule has 1 aliphatic rings. The number of rotatable bonds is 4. The first-order chi connectivity index (χ1) is 8.47. The second-order valence-corrected chi connectivity index (χ2v) is 5.68. The van der Waals surface area contributed by atoms with Gasteiger partial charge in [-0.3, -0.25) is 0 Å². The fraction of sp³-hybridized carbons (Fsp3) is 0.600. The molecule has 0 radical (unpaired) electrons. The molecule has 2 nitrogen and oxygen atoms in total. The van der Waals surface area contributed by atoms with Gasteiger partial charge in [-0.2, -0.15) is 0 Å². The van der Waals surface area contributed by atoms with E-state index in [1.165, 1.54) is 12.8 Å². The predicted octanol–water partition coefficient (Wildman–Crippen LogP) is 3.36. The molecule has 100 valence electrons. The third-order valence-corrected chi connectivity index (χ3v) is 3.61. The van der Waals surface area contributed by atoms with Crippen LogP contribution in [0.3, 0.4) is 0 Å². The number of aryl methyl sites for hydroxylation is 1. The molecule has 0 aromatic heterocycles. The first kappa shape index (κ1) is 13.3. The van der Waals surface area contributed by atoms with Crippen molar-refractivity contribution in [1.29, 1.82) is 0 Å². The Kier molecular flexibility index (Phi) is 3.91. The van der Waals surface area contributed by atoms with E-state index in [1.807, 2.05) is 25.1 Å². The van der Waals surface area contributed by atoms with Crippen LogP contribution in [0.1, 0.15) is 37.8 Å². The van der Waals surface area contributed by atoms with E-state index >= 15 is 0 Å². The van der Waals surface area contributed by atoms with Gasteiger partial charge in [0, 0.05) is 18.3 Å². The highest BCUT2D eigenvalue weighted by Gasteiger charge is 2.19. The summed E-state index contributed by atoms with van der Waals surface area (Å²) in [5, 5.41) is 6.91. The molecule has 3 heteroatoms. The maximum Gasteiger partial charge on any atom is 0.130 e. The Morgan fingerprint density at radius 3 is 2.78 bits per heavy atom. The molecule has 1 atom stereocenters. The maximum absolute atomic E-state index is 13.8. The molecule has 1 heterocycles. The topological polar surface area (TPSA) is 24.1 Å². The Morgan fingerprint density at radius 1 is 1.44 bits per heavy atom. The highest BCUT2D eigenvalue weighted by Crippen LogP contribution is 2.28. The molecule has 0 bridgehead atoms. The molecule has 1 aromatic carbocycles. The van der Waals surface area contributed by atoms with Crippen molar-refractivity contribution in [3.05, 3.63) is 29.3 Å². The Bertz CT molecular complexity index is 403. The third kappa shape index (κ3) is 3.22. The highest BCUT2D eigenvalue weighted by atomic mass is 19.1. The Labute approximate surface area is 109 Å². The number of alkyl halides is 1. The van der Waals surface area contributed by atoms with Crippen molar-refractivity contribution in [2.45, 2.75) is 45.3 Å². The third-order valence-electron chi connectivity index (χ3n) is 3.61. The molecular formula is C15H23FN2. The van der Waals surface area contributed by atoms with Crippen molar-refractivity contribution in [3.8, 4) is 0 Å². The zero-order valence-corrected chi connectivity index (χ0v) is 11.5. The molecule has 1 unspecified atom stereocenters. The van der Waals surface area contributed by atoms with E-state index in [0.29, 0.717) is 6.04 Å². The van der Waals surface area contributed by atoms with Gasteiger partial charge in [0.25, 0.3) is 0 Å². The summed E-state index contributed by atoms with van der Waals surface area (Å²) in [6.45, 7) is 7.29. The summed E-state index contributed by atoms with van der Waals surface area (Å²) in [6.07, 6.45) is 2.50. The van der Waals surface area contributed by atoms with Crippen LogP contribution in [0, 0.1) is 6.92 Å². The van der Waals surface area contributed by atoms with E-state index in [0.717, 1.165) is 29.9 Å². The lowest BCUT2D eigenvalue weighted by molar-refractivity contribution is 0.221. The molecule has 0 spiro atoms. The predicted molar refractivity (Wildman–Crippen MR) is 74.8 cm³/mol. The van der Waals surface area contributed by atoms with Crippen molar-refractivity contribution >= 4 is 5.69 Å². The normalized spacial score (nSPS) is 20.1. The summed E-state index contributed by atoms with van der Waals surface area (Å²) < 4.78 is 13.8. The first-order valence-corrected chi connectivity index (χ1v) is 6.74. The summed E-state index contributed by atoms with van der Waals surface area (Å²) in [4.78, 5) is 0. The van der Waals surface area contributed by atoms with E-state index < -0.39 is 5.67 Å². The van der Waals surface area contributed by atoms with E-state index in [4.69, 9.17) is 0 Å². The van der Waals surface area contributed by atoms with Gasteiger partial charge in [0.05, 0.1) is 0 Å².